The van der Waals surface area contributed by atoms with Crippen molar-refractivity contribution in [2.75, 3.05) is 30.8 Å². The van der Waals surface area contributed by atoms with Gasteiger partial charge in [-0.2, -0.15) is 0 Å². The Kier molecular flexibility index (Phi) is 5.38. The van der Waals surface area contributed by atoms with Crippen LogP contribution in [0.15, 0.2) is 0 Å². The number of carbonyl (C=O) groups is 2. The second-order valence-electron chi connectivity index (χ2n) is 4.81. The summed E-state index contributed by atoms with van der Waals surface area (Å²) >= 11 is 1.15. The van der Waals surface area contributed by atoms with E-state index in [4.69, 9.17) is 11.5 Å². The normalized spacial score (nSPS) is 10.7. The van der Waals surface area contributed by atoms with Gasteiger partial charge in [0.1, 0.15) is 9.88 Å². The van der Waals surface area contributed by atoms with Gasteiger partial charge in [0.2, 0.25) is 0 Å². The third kappa shape index (κ3) is 3.22. The molecule has 7 heteroatoms. The first-order chi connectivity index (χ1) is 9.33. The number of thiophene rings is 1. The Morgan fingerprint density at radius 2 is 2.00 bits per heavy atom. The summed E-state index contributed by atoms with van der Waals surface area (Å²) in [5.74, 6) is -0.784. The van der Waals surface area contributed by atoms with Crippen LogP contribution >= 0.6 is 11.3 Å². The van der Waals surface area contributed by atoms with Crippen molar-refractivity contribution in [1.29, 1.82) is 0 Å². The summed E-state index contributed by atoms with van der Waals surface area (Å²) in [5, 5.41) is 0.631. The highest BCUT2D eigenvalue weighted by Gasteiger charge is 2.27. The lowest BCUT2D eigenvalue weighted by Crippen LogP contribution is -2.28. The van der Waals surface area contributed by atoms with Crippen molar-refractivity contribution in [3.05, 3.63) is 10.4 Å². The monoisotopic (exact) mass is 299 g/mol. The molecule has 0 aliphatic carbocycles. The minimum atomic E-state index is -0.633. The molecular weight excluding hydrogens is 278 g/mol. The number of nitrogens with two attached hydrogens (primary N) is 2. The van der Waals surface area contributed by atoms with Crippen LogP contribution in [0.25, 0.3) is 0 Å². The summed E-state index contributed by atoms with van der Waals surface area (Å²) in [7, 11) is 1.27. The summed E-state index contributed by atoms with van der Waals surface area (Å²) in [4.78, 5) is 25.6. The minimum absolute atomic E-state index is 0.103. The molecule has 0 aromatic carbocycles. The number of nitrogen functional groups attached to an aromatic ring is 1. The maximum atomic E-state index is 11.7. The van der Waals surface area contributed by atoms with Crippen molar-refractivity contribution in [2.24, 2.45) is 11.7 Å². The van der Waals surface area contributed by atoms with E-state index in [1.54, 1.807) is 0 Å². The van der Waals surface area contributed by atoms with Gasteiger partial charge in [-0.25, -0.2) is 4.79 Å². The molecule has 0 fully saturated rings. The number of carbonyl (C=O) groups excluding carboxylic acids is 2. The zero-order valence-electron chi connectivity index (χ0n) is 12.2. The van der Waals surface area contributed by atoms with Gasteiger partial charge in [0.25, 0.3) is 5.91 Å². The van der Waals surface area contributed by atoms with Gasteiger partial charge in [-0.1, -0.05) is 13.8 Å². The van der Waals surface area contributed by atoms with Crippen LogP contribution in [0.3, 0.4) is 0 Å². The highest BCUT2D eigenvalue weighted by molar-refractivity contribution is 7.19. The molecular formula is C13H21N3O3S. The van der Waals surface area contributed by atoms with Gasteiger partial charge < -0.3 is 21.1 Å². The first-order valence-corrected chi connectivity index (χ1v) is 7.20. The fraction of sp³-hybridized carbons (Fsp3) is 0.538. The lowest BCUT2D eigenvalue weighted by atomic mass is 10.1. The van der Waals surface area contributed by atoms with E-state index >= 15 is 0 Å². The Hall–Kier alpha value is -1.76. The second kappa shape index (κ2) is 6.60. The molecule has 1 heterocycles. The summed E-state index contributed by atoms with van der Waals surface area (Å²) in [5.41, 5.74) is 11.6. The van der Waals surface area contributed by atoms with E-state index in [0.29, 0.717) is 17.5 Å². The van der Waals surface area contributed by atoms with Gasteiger partial charge in [-0.15, -0.1) is 11.3 Å². The fourth-order valence-electron chi connectivity index (χ4n) is 1.93. The maximum Gasteiger partial charge on any atom is 0.350 e. The zero-order valence-corrected chi connectivity index (χ0v) is 13.0. The van der Waals surface area contributed by atoms with E-state index in [1.807, 2.05) is 11.8 Å². The number of methoxy groups -OCH3 is 1. The Morgan fingerprint density at radius 3 is 2.40 bits per heavy atom. The van der Waals surface area contributed by atoms with Crippen LogP contribution in [0.1, 0.15) is 40.8 Å². The predicted molar refractivity (Wildman–Crippen MR) is 81.3 cm³/mol. The van der Waals surface area contributed by atoms with E-state index in [-0.39, 0.29) is 16.1 Å². The summed E-state index contributed by atoms with van der Waals surface area (Å²) in [6.45, 7) is 7.56. The van der Waals surface area contributed by atoms with Crippen molar-refractivity contribution in [3.63, 3.8) is 0 Å². The minimum Gasteiger partial charge on any atom is -0.465 e. The third-order valence-electron chi connectivity index (χ3n) is 2.80. The summed E-state index contributed by atoms with van der Waals surface area (Å²) in [6, 6.07) is 0. The van der Waals surface area contributed by atoms with Gasteiger partial charge in [-0.05, 0) is 12.8 Å². The smallest absolute Gasteiger partial charge is 0.350 e. The molecule has 0 aliphatic rings. The SMILES string of the molecule is CCN(CC(C)C)c1sc(C(=O)OC)c(N)c1C(N)=O. The Balaban J connectivity index is 3.36. The van der Waals surface area contributed by atoms with Crippen LogP contribution in [0.4, 0.5) is 10.7 Å². The molecule has 0 bridgehead atoms. The van der Waals surface area contributed by atoms with E-state index < -0.39 is 11.9 Å². The number of rotatable bonds is 6. The average Bonchev–Trinajstić information content (AvgIpc) is 2.72. The molecule has 1 amide bonds. The van der Waals surface area contributed by atoms with Gasteiger partial charge in [-0.3, -0.25) is 4.79 Å². The van der Waals surface area contributed by atoms with E-state index in [2.05, 4.69) is 18.6 Å². The molecule has 0 spiro atoms. The largest absolute Gasteiger partial charge is 0.465 e. The van der Waals surface area contributed by atoms with Crippen LogP contribution < -0.4 is 16.4 Å². The number of amides is 1. The number of primary amides is 1. The molecule has 0 aliphatic heterocycles. The number of ether oxygens (including phenoxy) is 1. The third-order valence-corrected chi connectivity index (χ3v) is 4.04. The van der Waals surface area contributed by atoms with Gasteiger partial charge in [0, 0.05) is 13.1 Å². The van der Waals surface area contributed by atoms with E-state index in [1.165, 1.54) is 7.11 Å². The van der Waals surface area contributed by atoms with Gasteiger partial charge in [0.15, 0.2) is 0 Å². The molecule has 20 heavy (non-hydrogen) atoms. The summed E-state index contributed by atoms with van der Waals surface area (Å²) in [6.07, 6.45) is 0. The predicted octanol–water partition coefficient (Wildman–Crippen LogP) is 1.70. The standard InChI is InChI=1S/C13H21N3O3S/c1-5-16(6-7(2)3)12-8(11(15)17)9(14)10(20-12)13(18)19-4/h7H,5-6,14H2,1-4H3,(H2,15,17). The zero-order chi connectivity index (χ0) is 15.4. The van der Waals surface area contributed by atoms with Crippen LogP contribution in [0.2, 0.25) is 0 Å². The topological polar surface area (TPSA) is 98.7 Å². The first kappa shape index (κ1) is 16.3. The van der Waals surface area contributed by atoms with Gasteiger partial charge in [0.05, 0.1) is 18.4 Å². The number of hydrogen-bond acceptors (Lipinski definition) is 6. The number of esters is 1. The highest BCUT2D eigenvalue weighted by Crippen LogP contribution is 2.38. The quantitative estimate of drug-likeness (QED) is 0.779. The number of anilines is 2. The van der Waals surface area contributed by atoms with E-state index in [0.717, 1.165) is 17.9 Å². The van der Waals surface area contributed by atoms with Crippen LogP contribution in [0.5, 0.6) is 0 Å². The number of nitrogens with zero attached hydrogens (tertiary/aromatic N) is 1. The molecule has 0 unspecified atom stereocenters. The molecule has 1 rings (SSSR count). The molecule has 0 atom stereocenters. The molecule has 6 nitrogen and oxygen atoms in total. The Bertz CT molecular complexity index is 511. The van der Waals surface area contributed by atoms with Crippen molar-refractivity contribution in [2.45, 2.75) is 20.8 Å². The molecule has 0 saturated carbocycles. The first-order valence-electron chi connectivity index (χ1n) is 6.38. The van der Waals surface area contributed by atoms with Crippen molar-refractivity contribution in [3.8, 4) is 0 Å². The van der Waals surface area contributed by atoms with Gasteiger partial charge >= 0.3 is 5.97 Å². The second-order valence-corrected chi connectivity index (χ2v) is 5.81. The molecule has 0 saturated heterocycles. The van der Waals surface area contributed by atoms with Crippen LogP contribution in [-0.2, 0) is 4.74 Å². The maximum absolute atomic E-state index is 11.7. The molecule has 4 N–H and O–H groups in total. The Labute approximate surface area is 122 Å². The fourth-order valence-corrected chi connectivity index (χ4v) is 3.15. The average molecular weight is 299 g/mol. The lowest BCUT2D eigenvalue weighted by Gasteiger charge is -2.24. The van der Waals surface area contributed by atoms with Crippen molar-refractivity contribution in [1.82, 2.24) is 0 Å². The highest BCUT2D eigenvalue weighted by atomic mass is 32.1. The lowest BCUT2D eigenvalue weighted by molar-refractivity contribution is 0.0607. The van der Waals surface area contributed by atoms with Crippen molar-refractivity contribution >= 4 is 33.9 Å². The molecule has 112 valence electrons. The van der Waals surface area contributed by atoms with E-state index in [9.17, 15) is 9.59 Å². The summed E-state index contributed by atoms with van der Waals surface area (Å²) < 4.78 is 4.68. The number of hydrogen-bond donors (Lipinski definition) is 2. The van der Waals surface area contributed by atoms with Crippen LogP contribution in [-0.4, -0.2) is 32.1 Å². The molecule has 1 aromatic heterocycles. The van der Waals surface area contributed by atoms with Crippen LogP contribution in [0, 0.1) is 5.92 Å². The molecule has 0 radical (unpaired) electrons. The molecule has 1 aromatic rings. The Morgan fingerprint density at radius 1 is 1.40 bits per heavy atom. The van der Waals surface area contributed by atoms with Crippen molar-refractivity contribution < 1.29 is 14.3 Å².